The second kappa shape index (κ2) is 7.35. The zero-order valence-corrected chi connectivity index (χ0v) is 18.1. The molecule has 0 amide bonds. The van der Waals surface area contributed by atoms with Crippen LogP contribution in [0.15, 0.2) is 110 Å². The molecule has 0 fully saturated rings. The molecule has 0 aliphatic rings. The summed E-state index contributed by atoms with van der Waals surface area (Å²) >= 11 is 0. The van der Waals surface area contributed by atoms with Crippen molar-refractivity contribution in [1.82, 2.24) is 29.1 Å². The quantitative estimate of drug-likeness (QED) is 0.341. The molecule has 0 radical (unpaired) electrons. The Bertz CT molecular complexity index is 1800. The zero-order chi connectivity index (χ0) is 22.5. The maximum atomic E-state index is 4.97. The van der Waals surface area contributed by atoms with Crippen LogP contribution in [-0.4, -0.2) is 29.1 Å². The van der Waals surface area contributed by atoms with Gasteiger partial charge in [0.05, 0.1) is 28.3 Å². The fraction of sp³-hybridized carbons (Fsp3) is 0. The third kappa shape index (κ3) is 2.69. The van der Waals surface area contributed by atoms with Crippen LogP contribution < -0.4 is 0 Å². The molecule has 34 heavy (non-hydrogen) atoms. The molecule has 4 heterocycles. The van der Waals surface area contributed by atoms with Crippen molar-refractivity contribution in [2.75, 3.05) is 0 Å². The molecule has 6 heteroatoms. The van der Waals surface area contributed by atoms with Gasteiger partial charge in [0.25, 0.3) is 0 Å². The SMILES string of the molecule is c1ccc(-c2ccnc(-n3c4cncnc4c4c5ccccc5n(-c5ccccc5)c43)n2)cc1. The van der Waals surface area contributed by atoms with Crippen LogP contribution >= 0.6 is 0 Å². The topological polar surface area (TPSA) is 61.4 Å². The highest BCUT2D eigenvalue weighted by Crippen LogP contribution is 2.39. The Kier molecular flexibility index (Phi) is 4.04. The van der Waals surface area contributed by atoms with Gasteiger partial charge in [0.1, 0.15) is 17.5 Å². The largest absolute Gasteiger partial charge is 0.295 e. The standard InChI is InChI=1S/C28H18N6/c1-3-9-19(10-4-1)22-15-16-30-28(32-22)34-24-17-29-18-31-26(24)25-21-13-7-8-14-23(21)33(27(25)34)20-11-5-2-6-12-20/h1-18H. The van der Waals surface area contributed by atoms with Crippen molar-refractivity contribution in [1.29, 1.82) is 0 Å². The van der Waals surface area contributed by atoms with Crippen molar-refractivity contribution < 1.29 is 0 Å². The number of benzene rings is 3. The van der Waals surface area contributed by atoms with Gasteiger partial charge in [-0.15, -0.1) is 0 Å². The van der Waals surface area contributed by atoms with Crippen LogP contribution in [0, 0.1) is 0 Å². The second-order valence-electron chi connectivity index (χ2n) is 8.09. The van der Waals surface area contributed by atoms with Gasteiger partial charge in [-0.2, -0.15) is 0 Å². The molecule has 4 aromatic heterocycles. The number of para-hydroxylation sites is 2. The van der Waals surface area contributed by atoms with E-state index in [1.54, 1.807) is 6.33 Å². The molecule has 7 aromatic rings. The van der Waals surface area contributed by atoms with Crippen molar-refractivity contribution in [3.8, 4) is 22.9 Å². The first kappa shape index (κ1) is 18.7. The van der Waals surface area contributed by atoms with Crippen LogP contribution in [0.4, 0.5) is 0 Å². The summed E-state index contributed by atoms with van der Waals surface area (Å²) in [5.41, 5.74) is 6.78. The Morgan fingerprint density at radius 2 is 1.41 bits per heavy atom. The fourth-order valence-corrected chi connectivity index (χ4v) is 4.73. The Labute approximate surface area is 194 Å². The third-order valence-electron chi connectivity index (χ3n) is 6.16. The molecule has 0 saturated heterocycles. The molecule has 0 aliphatic carbocycles. The van der Waals surface area contributed by atoms with Gasteiger partial charge in [-0.05, 0) is 24.3 Å². The van der Waals surface area contributed by atoms with Crippen molar-refractivity contribution in [2.45, 2.75) is 0 Å². The number of aromatic nitrogens is 6. The molecular weight excluding hydrogens is 420 g/mol. The number of fused-ring (bicyclic) bond motifs is 5. The van der Waals surface area contributed by atoms with Crippen molar-refractivity contribution in [3.05, 3.63) is 110 Å². The number of rotatable bonds is 3. The van der Waals surface area contributed by atoms with Gasteiger partial charge >= 0.3 is 0 Å². The first-order valence-electron chi connectivity index (χ1n) is 11.1. The van der Waals surface area contributed by atoms with Crippen LogP contribution in [0.25, 0.3) is 55.9 Å². The number of hydrogen-bond donors (Lipinski definition) is 0. The lowest BCUT2D eigenvalue weighted by Crippen LogP contribution is -2.06. The van der Waals surface area contributed by atoms with Gasteiger partial charge in [-0.3, -0.25) is 9.13 Å². The lowest BCUT2D eigenvalue weighted by atomic mass is 10.1. The Morgan fingerprint density at radius 3 is 2.26 bits per heavy atom. The minimum absolute atomic E-state index is 0.580. The van der Waals surface area contributed by atoms with E-state index in [9.17, 15) is 0 Å². The van der Waals surface area contributed by atoms with E-state index >= 15 is 0 Å². The number of hydrogen-bond acceptors (Lipinski definition) is 4. The first-order valence-corrected chi connectivity index (χ1v) is 11.1. The van der Waals surface area contributed by atoms with Crippen LogP contribution in [0.1, 0.15) is 0 Å². The third-order valence-corrected chi connectivity index (χ3v) is 6.16. The van der Waals surface area contributed by atoms with E-state index in [2.05, 4.69) is 74.8 Å². The molecule has 3 aromatic carbocycles. The van der Waals surface area contributed by atoms with Gasteiger partial charge in [0, 0.05) is 22.8 Å². The summed E-state index contributed by atoms with van der Waals surface area (Å²) in [6.07, 6.45) is 5.24. The van der Waals surface area contributed by atoms with Gasteiger partial charge < -0.3 is 0 Å². The van der Waals surface area contributed by atoms with E-state index in [4.69, 9.17) is 15.0 Å². The average Bonchev–Trinajstić information content (AvgIpc) is 3.42. The van der Waals surface area contributed by atoms with Crippen molar-refractivity contribution >= 4 is 33.0 Å². The molecule has 0 N–H and O–H groups in total. The van der Waals surface area contributed by atoms with E-state index < -0.39 is 0 Å². The Hall–Kier alpha value is -4.84. The Balaban J connectivity index is 1.65. The molecule has 0 spiro atoms. The highest BCUT2D eigenvalue weighted by atomic mass is 15.2. The van der Waals surface area contributed by atoms with Crippen LogP contribution in [-0.2, 0) is 0 Å². The first-order chi connectivity index (χ1) is 16.9. The summed E-state index contributed by atoms with van der Waals surface area (Å²) in [6, 6.07) is 30.8. The summed E-state index contributed by atoms with van der Waals surface area (Å²) in [5.74, 6) is 0.580. The molecule has 6 nitrogen and oxygen atoms in total. The van der Waals surface area contributed by atoms with E-state index in [1.807, 2.05) is 42.7 Å². The van der Waals surface area contributed by atoms with Crippen molar-refractivity contribution in [2.24, 2.45) is 0 Å². The Morgan fingerprint density at radius 1 is 0.647 bits per heavy atom. The number of nitrogens with zero attached hydrogens (tertiary/aromatic N) is 6. The molecule has 0 bridgehead atoms. The smallest absolute Gasteiger partial charge is 0.236 e. The predicted molar refractivity (Wildman–Crippen MR) is 134 cm³/mol. The molecule has 0 aliphatic heterocycles. The van der Waals surface area contributed by atoms with Gasteiger partial charge in [-0.1, -0.05) is 66.7 Å². The summed E-state index contributed by atoms with van der Waals surface area (Å²) in [7, 11) is 0. The highest BCUT2D eigenvalue weighted by molar-refractivity contribution is 6.20. The predicted octanol–water partition coefficient (Wildman–Crippen LogP) is 5.97. The van der Waals surface area contributed by atoms with E-state index in [0.29, 0.717) is 5.95 Å². The summed E-state index contributed by atoms with van der Waals surface area (Å²) in [6.45, 7) is 0. The van der Waals surface area contributed by atoms with Gasteiger partial charge in [0.15, 0.2) is 0 Å². The molecule has 160 valence electrons. The van der Waals surface area contributed by atoms with Gasteiger partial charge in [-0.25, -0.2) is 19.9 Å². The maximum absolute atomic E-state index is 4.97. The minimum Gasteiger partial charge on any atom is -0.295 e. The average molecular weight is 438 g/mol. The molecule has 7 rings (SSSR count). The van der Waals surface area contributed by atoms with Crippen LogP contribution in [0.5, 0.6) is 0 Å². The van der Waals surface area contributed by atoms with Gasteiger partial charge in [0.2, 0.25) is 5.95 Å². The molecule has 0 atom stereocenters. The lowest BCUT2D eigenvalue weighted by molar-refractivity contribution is 0.957. The van der Waals surface area contributed by atoms with E-state index in [1.165, 1.54) is 0 Å². The van der Waals surface area contributed by atoms with Crippen LogP contribution in [0.3, 0.4) is 0 Å². The molecule has 0 saturated carbocycles. The lowest BCUT2D eigenvalue weighted by Gasteiger charge is -2.12. The fourth-order valence-electron chi connectivity index (χ4n) is 4.73. The van der Waals surface area contributed by atoms with Crippen molar-refractivity contribution in [3.63, 3.8) is 0 Å². The maximum Gasteiger partial charge on any atom is 0.236 e. The monoisotopic (exact) mass is 438 g/mol. The molecule has 0 unspecified atom stereocenters. The zero-order valence-electron chi connectivity index (χ0n) is 18.1. The summed E-state index contributed by atoms with van der Waals surface area (Å²) in [5, 5.41) is 2.19. The second-order valence-corrected chi connectivity index (χ2v) is 8.09. The highest BCUT2D eigenvalue weighted by Gasteiger charge is 2.24. The van der Waals surface area contributed by atoms with E-state index in [0.717, 1.165) is 49.9 Å². The van der Waals surface area contributed by atoms with Crippen LogP contribution in [0.2, 0.25) is 0 Å². The normalized spacial score (nSPS) is 11.5. The minimum atomic E-state index is 0.580. The van der Waals surface area contributed by atoms with E-state index in [-0.39, 0.29) is 0 Å². The summed E-state index contributed by atoms with van der Waals surface area (Å²) < 4.78 is 4.33. The molecular formula is C28H18N6. The summed E-state index contributed by atoms with van der Waals surface area (Å²) in [4.78, 5) is 18.7.